The fourth-order valence-corrected chi connectivity index (χ4v) is 4.97. The van der Waals surface area contributed by atoms with E-state index in [1.807, 2.05) is 11.8 Å². The number of carbonyl (C=O) groups is 2. The lowest BCUT2D eigenvalue weighted by Crippen LogP contribution is -2.55. The first-order valence-electron chi connectivity index (χ1n) is 11.8. The fraction of sp³-hybridized carbons (Fsp3) is 0.667. The molecular formula is C24H37ClN4O4. The van der Waals surface area contributed by atoms with Gasteiger partial charge < -0.3 is 30.3 Å². The van der Waals surface area contributed by atoms with Crippen molar-refractivity contribution in [1.82, 2.24) is 15.1 Å². The van der Waals surface area contributed by atoms with Crippen molar-refractivity contribution in [2.45, 2.75) is 51.2 Å². The number of nitrogens with one attached hydrogen (secondary N) is 1. The van der Waals surface area contributed by atoms with E-state index in [-0.39, 0.29) is 24.0 Å². The average Bonchev–Trinajstić information content (AvgIpc) is 2.84. The number of amides is 2. The third kappa shape index (κ3) is 6.52. The fourth-order valence-electron chi connectivity index (χ4n) is 4.81. The normalized spacial score (nSPS) is 22.2. The maximum Gasteiger partial charge on any atom is 0.255 e. The van der Waals surface area contributed by atoms with E-state index in [2.05, 4.69) is 10.2 Å². The van der Waals surface area contributed by atoms with Crippen LogP contribution in [0.2, 0.25) is 5.02 Å². The number of benzene rings is 1. The number of rotatable bonds is 8. The first-order chi connectivity index (χ1) is 15.9. The monoisotopic (exact) mass is 480 g/mol. The number of nitrogens with two attached hydrogens (primary N) is 1. The van der Waals surface area contributed by atoms with Gasteiger partial charge in [-0.15, -0.1) is 0 Å². The van der Waals surface area contributed by atoms with Crippen LogP contribution in [0.3, 0.4) is 0 Å². The number of carbonyl (C=O) groups excluding carboxylic acids is 2. The highest BCUT2D eigenvalue weighted by Gasteiger charge is 2.32. The van der Waals surface area contributed by atoms with Crippen molar-refractivity contribution < 1.29 is 19.1 Å². The van der Waals surface area contributed by atoms with E-state index in [9.17, 15) is 9.59 Å². The molecule has 2 atom stereocenters. The molecule has 33 heavy (non-hydrogen) atoms. The Kier molecular flexibility index (Phi) is 9.23. The minimum atomic E-state index is -0.248. The van der Waals surface area contributed by atoms with Crippen molar-refractivity contribution in [3.8, 4) is 5.75 Å². The number of likely N-dealkylation sites (tertiary alicyclic amines) is 2. The average molecular weight is 481 g/mol. The van der Waals surface area contributed by atoms with Gasteiger partial charge in [-0.3, -0.25) is 9.59 Å². The maximum atomic E-state index is 12.9. The Hall–Kier alpha value is -2.03. The van der Waals surface area contributed by atoms with E-state index in [1.54, 1.807) is 19.2 Å². The molecule has 1 aromatic carbocycles. The summed E-state index contributed by atoms with van der Waals surface area (Å²) in [4.78, 5) is 29.2. The summed E-state index contributed by atoms with van der Waals surface area (Å²) >= 11 is 6.12. The summed E-state index contributed by atoms with van der Waals surface area (Å²) in [5.74, 6) is 1.07. The van der Waals surface area contributed by atoms with E-state index < -0.39 is 0 Å². The van der Waals surface area contributed by atoms with Crippen LogP contribution >= 0.6 is 11.6 Å². The molecule has 2 aliphatic rings. The van der Waals surface area contributed by atoms with Crippen LogP contribution in [-0.2, 0) is 9.53 Å². The first kappa shape index (κ1) is 25.6. The number of piperidine rings is 2. The minimum absolute atomic E-state index is 0.0944. The molecule has 8 nitrogen and oxygen atoms in total. The quantitative estimate of drug-likeness (QED) is 0.555. The van der Waals surface area contributed by atoms with Crippen molar-refractivity contribution in [3.05, 3.63) is 22.7 Å². The van der Waals surface area contributed by atoms with Gasteiger partial charge in [-0.05, 0) is 44.2 Å². The second-order valence-corrected chi connectivity index (χ2v) is 9.39. The van der Waals surface area contributed by atoms with E-state index in [1.165, 1.54) is 7.11 Å². The summed E-state index contributed by atoms with van der Waals surface area (Å²) in [5.41, 5.74) is 6.56. The highest BCUT2D eigenvalue weighted by molar-refractivity contribution is 6.33. The molecule has 9 heteroatoms. The molecule has 2 heterocycles. The van der Waals surface area contributed by atoms with E-state index in [0.29, 0.717) is 34.4 Å². The molecule has 0 spiro atoms. The van der Waals surface area contributed by atoms with Crippen molar-refractivity contribution in [2.75, 3.05) is 52.7 Å². The first-order valence-corrected chi connectivity index (χ1v) is 12.2. The van der Waals surface area contributed by atoms with Crippen molar-refractivity contribution in [1.29, 1.82) is 0 Å². The highest BCUT2D eigenvalue weighted by atomic mass is 35.5. The van der Waals surface area contributed by atoms with Crippen LogP contribution in [0.5, 0.6) is 5.75 Å². The Bertz CT molecular complexity index is 829. The SMILES string of the molecule is CCC(=O)N1CCC(CCN2CC[C@@H](NC(=O)c3cc(Cl)c(N)cc3OC)[C@@H](OC)C2)CC1. The standard InChI is InChI=1S/C24H37ClN4O4/c1-4-23(30)29-11-6-16(7-12-29)5-9-28-10-8-20(22(15-28)33-3)27-24(31)17-13-18(25)19(26)14-21(17)32-2/h13-14,16,20,22H,4-12,15,26H2,1-3H3,(H,27,31)/t20-,22+/m1/s1. The molecule has 3 N–H and O–H groups in total. The predicted octanol–water partition coefficient (Wildman–Crippen LogP) is 2.79. The molecule has 0 radical (unpaired) electrons. The lowest BCUT2D eigenvalue weighted by Gasteiger charge is -2.39. The van der Waals surface area contributed by atoms with Gasteiger partial charge in [-0.2, -0.15) is 0 Å². The minimum Gasteiger partial charge on any atom is -0.496 e. The van der Waals surface area contributed by atoms with Gasteiger partial charge in [0.25, 0.3) is 5.91 Å². The van der Waals surface area contributed by atoms with Crippen LogP contribution in [0.1, 0.15) is 49.4 Å². The third-order valence-electron chi connectivity index (χ3n) is 6.95. The number of hydrogen-bond donors (Lipinski definition) is 2. The summed E-state index contributed by atoms with van der Waals surface area (Å²) in [6.07, 6.45) is 4.59. The van der Waals surface area contributed by atoms with Gasteiger partial charge in [0.1, 0.15) is 5.75 Å². The molecule has 0 aliphatic carbocycles. The second-order valence-electron chi connectivity index (χ2n) is 8.98. The molecule has 0 bridgehead atoms. The summed E-state index contributed by atoms with van der Waals surface area (Å²) < 4.78 is 11.1. The van der Waals surface area contributed by atoms with Gasteiger partial charge in [0.2, 0.25) is 5.91 Å². The zero-order valence-corrected chi connectivity index (χ0v) is 20.7. The van der Waals surface area contributed by atoms with Crippen molar-refractivity contribution >= 4 is 29.1 Å². The van der Waals surface area contributed by atoms with Crippen LogP contribution in [0.4, 0.5) is 5.69 Å². The number of nitrogens with zero attached hydrogens (tertiary/aromatic N) is 2. The highest BCUT2D eigenvalue weighted by Crippen LogP contribution is 2.29. The second kappa shape index (κ2) is 11.9. The van der Waals surface area contributed by atoms with E-state index in [0.717, 1.165) is 58.4 Å². The number of ether oxygens (including phenoxy) is 2. The largest absolute Gasteiger partial charge is 0.496 e. The Morgan fingerprint density at radius 3 is 2.55 bits per heavy atom. The van der Waals surface area contributed by atoms with Crippen LogP contribution in [0.25, 0.3) is 0 Å². The molecule has 184 valence electrons. The van der Waals surface area contributed by atoms with Gasteiger partial charge in [0.05, 0.1) is 35.5 Å². The Labute approximate surface area is 201 Å². The van der Waals surface area contributed by atoms with Crippen LogP contribution in [0.15, 0.2) is 12.1 Å². The molecule has 2 fully saturated rings. The summed E-state index contributed by atoms with van der Waals surface area (Å²) in [6.45, 7) is 6.36. The van der Waals surface area contributed by atoms with Gasteiger partial charge in [0.15, 0.2) is 0 Å². The number of methoxy groups -OCH3 is 2. The number of anilines is 1. The number of halogens is 1. The molecule has 1 aromatic rings. The predicted molar refractivity (Wildman–Crippen MR) is 130 cm³/mol. The molecular weight excluding hydrogens is 444 g/mol. The van der Waals surface area contributed by atoms with E-state index >= 15 is 0 Å². The summed E-state index contributed by atoms with van der Waals surface area (Å²) in [7, 11) is 3.19. The van der Waals surface area contributed by atoms with Crippen LogP contribution < -0.4 is 15.8 Å². The summed E-state index contributed by atoms with van der Waals surface area (Å²) in [6, 6.07) is 3.01. The third-order valence-corrected chi connectivity index (χ3v) is 7.28. The Balaban J connectivity index is 1.49. The Morgan fingerprint density at radius 1 is 1.18 bits per heavy atom. The molecule has 2 saturated heterocycles. The molecule has 0 saturated carbocycles. The molecule has 0 unspecified atom stereocenters. The molecule has 3 rings (SSSR count). The van der Waals surface area contributed by atoms with Gasteiger partial charge in [-0.1, -0.05) is 18.5 Å². The molecule has 0 aromatic heterocycles. The zero-order valence-electron chi connectivity index (χ0n) is 19.9. The van der Waals surface area contributed by atoms with Crippen molar-refractivity contribution in [2.24, 2.45) is 5.92 Å². The summed E-state index contributed by atoms with van der Waals surface area (Å²) in [5, 5.41) is 3.42. The van der Waals surface area contributed by atoms with E-state index in [4.69, 9.17) is 26.8 Å². The lowest BCUT2D eigenvalue weighted by atomic mass is 9.92. The molecule has 2 aliphatic heterocycles. The zero-order chi connectivity index (χ0) is 24.0. The Morgan fingerprint density at radius 2 is 1.91 bits per heavy atom. The van der Waals surface area contributed by atoms with Crippen molar-refractivity contribution in [3.63, 3.8) is 0 Å². The van der Waals surface area contributed by atoms with Gasteiger partial charge in [0, 0.05) is 45.8 Å². The number of hydrogen-bond acceptors (Lipinski definition) is 6. The van der Waals surface area contributed by atoms with Gasteiger partial charge >= 0.3 is 0 Å². The number of nitrogen functional groups attached to an aromatic ring is 1. The van der Waals surface area contributed by atoms with Crippen LogP contribution in [0, 0.1) is 5.92 Å². The topological polar surface area (TPSA) is 97.1 Å². The van der Waals surface area contributed by atoms with Crippen LogP contribution in [-0.4, -0.2) is 80.7 Å². The maximum absolute atomic E-state index is 12.9. The smallest absolute Gasteiger partial charge is 0.255 e. The van der Waals surface area contributed by atoms with Gasteiger partial charge in [-0.25, -0.2) is 0 Å². The molecule has 2 amide bonds. The lowest BCUT2D eigenvalue weighted by molar-refractivity contribution is -0.132.